The molecule has 1 aromatic carbocycles. The predicted molar refractivity (Wildman–Crippen MR) is 80.7 cm³/mol. The second-order valence-corrected chi connectivity index (χ2v) is 6.49. The molecule has 1 atom stereocenters. The van der Waals surface area contributed by atoms with Crippen LogP contribution in [0.4, 0.5) is 4.79 Å². The van der Waals surface area contributed by atoms with Crippen LogP contribution in [0, 0.1) is 0 Å². The van der Waals surface area contributed by atoms with Gasteiger partial charge in [-0.05, 0) is 52.0 Å². The van der Waals surface area contributed by atoms with Gasteiger partial charge in [0.05, 0.1) is 0 Å². The minimum atomic E-state index is -0.402. The quantitative estimate of drug-likeness (QED) is 0.830. The number of hydrogen-bond acceptors (Lipinski definition) is 2. The number of carbonyl (C=O) groups is 1. The summed E-state index contributed by atoms with van der Waals surface area (Å²) in [6, 6.07) is 10.9. The zero-order valence-corrected chi connectivity index (χ0v) is 12.8. The Kier molecular flexibility index (Phi) is 4.69. The number of likely N-dealkylation sites (tertiary alicyclic amines) is 1. The van der Waals surface area contributed by atoms with E-state index in [1.807, 2.05) is 31.7 Å². The maximum Gasteiger partial charge on any atom is 0.410 e. The molecule has 1 aliphatic rings. The summed E-state index contributed by atoms with van der Waals surface area (Å²) in [6.45, 7) is 6.57. The lowest BCUT2D eigenvalue weighted by molar-refractivity contribution is -0.00692. The summed E-state index contributed by atoms with van der Waals surface area (Å²) >= 11 is 0. The fraction of sp³-hybridized carbons (Fsp3) is 0.588. The highest BCUT2D eigenvalue weighted by Gasteiger charge is 2.34. The van der Waals surface area contributed by atoms with E-state index in [0.717, 1.165) is 32.2 Å². The Labute approximate surface area is 121 Å². The molecule has 1 aliphatic heterocycles. The van der Waals surface area contributed by atoms with Crippen LogP contribution >= 0.6 is 0 Å². The van der Waals surface area contributed by atoms with Crippen LogP contribution in [-0.2, 0) is 11.2 Å². The highest BCUT2D eigenvalue weighted by molar-refractivity contribution is 5.69. The molecule has 0 saturated carbocycles. The number of nitrogens with zero attached hydrogens (tertiary/aromatic N) is 1. The van der Waals surface area contributed by atoms with Gasteiger partial charge in [0, 0.05) is 12.6 Å². The van der Waals surface area contributed by atoms with Gasteiger partial charge in [0.15, 0.2) is 0 Å². The first kappa shape index (κ1) is 14.9. The maximum absolute atomic E-state index is 12.0. The zero-order chi connectivity index (χ0) is 14.6. The number of carbonyl (C=O) groups excluding carboxylic acids is 1. The molecule has 1 aromatic rings. The Hall–Kier alpha value is -1.51. The van der Waals surface area contributed by atoms with Crippen LogP contribution in [0.3, 0.4) is 0 Å². The molecule has 3 nitrogen and oxygen atoms in total. The van der Waals surface area contributed by atoms with E-state index in [2.05, 4.69) is 24.3 Å². The van der Waals surface area contributed by atoms with E-state index < -0.39 is 5.60 Å². The summed E-state index contributed by atoms with van der Waals surface area (Å²) in [5.41, 5.74) is 0.969. The number of aryl methyl sites for hydroxylation is 1. The van der Waals surface area contributed by atoms with Gasteiger partial charge >= 0.3 is 6.09 Å². The molecule has 0 N–H and O–H groups in total. The van der Waals surface area contributed by atoms with Crippen molar-refractivity contribution in [3.8, 4) is 0 Å². The van der Waals surface area contributed by atoms with Crippen LogP contribution in [-0.4, -0.2) is 29.2 Å². The average molecular weight is 275 g/mol. The summed E-state index contributed by atoms with van der Waals surface area (Å²) < 4.78 is 5.42. The van der Waals surface area contributed by atoms with Gasteiger partial charge in [-0.15, -0.1) is 0 Å². The topological polar surface area (TPSA) is 29.5 Å². The van der Waals surface area contributed by atoms with Crippen molar-refractivity contribution in [3.05, 3.63) is 35.9 Å². The van der Waals surface area contributed by atoms with Crippen LogP contribution in [0.2, 0.25) is 0 Å². The Bertz CT molecular complexity index is 436. The van der Waals surface area contributed by atoms with Gasteiger partial charge in [0.1, 0.15) is 5.60 Å². The molecule has 0 aliphatic carbocycles. The van der Waals surface area contributed by atoms with Crippen molar-refractivity contribution in [3.63, 3.8) is 0 Å². The minimum absolute atomic E-state index is 0.159. The van der Waals surface area contributed by atoms with Crippen molar-refractivity contribution in [2.45, 2.75) is 58.1 Å². The van der Waals surface area contributed by atoms with Crippen LogP contribution in [0.25, 0.3) is 0 Å². The van der Waals surface area contributed by atoms with Gasteiger partial charge in [0.2, 0.25) is 0 Å². The molecule has 0 unspecified atom stereocenters. The predicted octanol–water partition coefficient (Wildman–Crippen LogP) is 4.02. The monoisotopic (exact) mass is 275 g/mol. The first-order valence-electron chi connectivity index (χ1n) is 7.49. The molecule has 1 fully saturated rings. The standard InChI is InChI=1S/C17H25NO2/c1-17(2,3)20-16(19)18-13-12-15(18)11-7-10-14-8-5-4-6-9-14/h4-6,8-9,15H,7,10-13H2,1-3H3/t15-/m1/s1. The third-order valence-corrected chi connectivity index (χ3v) is 3.62. The van der Waals surface area contributed by atoms with Crippen LogP contribution < -0.4 is 0 Å². The molecular formula is C17H25NO2. The van der Waals surface area contributed by atoms with Crippen LogP contribution in [0.5, 0.6) is 0 Å². The van der Waals surface area contributed by atoms with Gasteiger partial charge in [-0.3, -0.25) is 0 Å². The van der Waals surface area contributed by atoms with E-state index in [4.69, 9.17) is 4.74 Å². The van der Waals surface area contributed by atoms with Crippen molar-refractivity contribution >= 4 is 6.09 Å². The Morgan fingerprint density at radius 2 is 2.00 bits per heavy atom. The van der Waals surface area contributed by atoms with E-state index in [9.17, 15) is 4.79 Å². The molecule has 0 bridgehead atoms. The van der Waals surface area contributed by atoms with Crippen molar-refractivity contribution in [1.82, 2.24) is 4.90 Å². The van der Waals surface area contributed by atoms with Gasteiger partial charge in [0.25, 0.3) is 0 Å². The van der Waals surface area contributed by atoms with E-state index >= 15 is 0 Å². The molecule has 0 spiro atoms. The normalized spacial score (nSPS) is 18.6. The average Bonchev–Trinajstić information content (AvgIpc) is 2.32. The zero-order valence-electron chi connectivity index (χ0n) is 12.8. The molecule has 0 aromatic heterocycles. The van der Waals surface area contributed by atoms with E-state index in [1.54, 1.807) is 0 Å². The Morgan fingerprint density at radius 1 is 1.30 bits per heavy atom. The van der Waals surface area contributed by atoms with Crippen molar-refractivity contribution < 1.29 is 9.53 Å². The van der Waals surface area contributed by atoms with Gasteiger partial charge in [-0.25, -0.2) is 4.79 Å². The number of amides is 1. The highest BCUT2D eigenvalue weighted by Crippen LogP contribution is 2.25. The summed E-state index contributed by atoms with van der Waals surface area (Å²) in [7, 11) is 0. The lowest BCUT2D eigenvalue weighted by Gasteiger charge is -2.41. The highest BCUT2D eigenvalue weighted by atomic mass is 16.6. The third-order valence-electron chi connectivity index (χ3n) is 3.62. The van der Waals surface area contributed by atoms with E-state index in [0.29, 0.717) is 6.04 Å². The molecule has 1 amide bonds. The van der Waals surface area contributed by atoms with Gasteiger partial charge in [-0.2, -0.15) is 0 Å². The van der Waals surface area contributed by atoms with E-state index in [1.165, 1.54) is 5.56 Å². The van der Waals surface area contributed by atoms with Crippen LogP contribution in [0.1, 0.15) is 45.6 Å². The summed E-state index contributed by atoms with van der Waals surface area (Å²) in [6.07, 6.45) is 4.21. The van der Waals surface area contributed by atoms with Crippen LogP contribution in [0.15, 0.2) is 30.3 Å². The number of rotatable bonds is 4. The summed E-state index contributed by atoms with van der Waals surface area (Å²) in [4.78, 5) is 13.9. The fourth-order valence-electron chi connectivity index (χ4n) is 2.49. The lowest BCUT2D eigenvalue weighted by Crippen LogP contribution is -2.52. The SMILES string of the molecule is CC(C)(C)OC(=O)N1CC[C@H]1CCCc1ccccc1. The number of hydrogen-bond donors (Lipinski definition) is 0. The van der Waals surface area contributed by atoms with E-state index in [-0.39, 0.29) is 6.09 Å². The molecule has 20 heavy (non-hydrogen) atoms. The molecule has 0 radical (unpaired) electrons. The van der Waals surface area contributed by atoms with Crippen molar-refractivity contribution in [2.75, 3.05) is 6.54 Å². The summed E-state index contributed by atoms with van der Waals surface area (Å²) in [5, 5.41) is 0. The smallest absolute Gasteiger partial charge is 0.410 e. The molecular weight excluding hydrogens is 250 g/mol. The molecule has 110 valence electrons. The van der Waals surface area contributed by atoms with Crippen molar-refractivity contribution in [2.24, 2.45) is 0 Å². The largest absolute Gasteiger partial charge is 0.444 e. The second-order valence-electron chi connectivity index (χ2n) is 6.49. The first-order valence-corrected chi connectivity index (χ1v) is 7.49. The minimum Gasteiger partial charge on any atom is -0.444 e. The Balaban J connectivity index is 1.73. The first-order chi connectivity index (χ1) is 9.46. The third kappa shape index (κ3) is 4.26. The summed E-state index contributed by atoms with van der Waals surface area (Å²) in [5.74, 6) is 0. The lowest BCUT2D eigenvalue weighted by atomic mass is 9.96. The Morgan fingerprint density at radius 3 is 2.55 bits per heavy atom. The number of ether oxygens (including phenoxy) is 1. The molecule has 3 heteroatoms. The number of benzene rings is 1. The van der Waals surface area contributed by atoms with Gasteiger partial charge in [-0.1, -0.05) is 30.3 Å². The molecule has 1 saturated heterocycles. The van der Waals surface area contributed by atoms with Crippen molar-refractivity contribution in [1.29, 1.82) is 0 Å². The molecule has 1 heterocycles. The second kappa shape index (κ2) is 6.29. The maximum atomic E-state index is 12.0. The fourth-order valence-corrected chi connectivity index (χ4v) is 2.49. The van der Waals surface area contributed by atoms with Gasteiger partial charge < -0.3 is 9.64 Å². The molecule has 2 rings (SSSR count).